The molecule has 0 atom stereocenters. The van der Waals surface area contributed by atoms with Crippen LogP contribution in [-0.4, -0.2) is 38.4 Å². The Morgan fingerprint density at radius 2 is 1.81 bits per heavy atom. The zero-order chi connectivity index (χ0) is 18.7. The minimum atomic E-state index is -3.31. The lowest BCUT2D eigenvalue weighted by Crippen LogP contribution is -2.35. The molecule has 0 unspecified atom stereocenters. The Morgan fingerprint density at radius 1 is 1.15 bits per heavy atom. The van der Waals surface area contributed by atoms with Crippen LogP contribution in [0.2, 0.25) is 0 Å². The van der Waals surface area contributed by atoms with Crippen LogP contribution in [0.15, 0.2) is 40.8 Å². The van der Waals surface area contributed by atoms with Crippen molar-refractivity contribution in [3.8, 4) is 0 Å². The van der Waals surface area contributed by atoms with E-state index in [0.29, 0.717) is 11.3 Å². The van der Waals surface area contributed by atoms with Gasteiger partial charge in [0, 0.05) is 17.2 Å². The molecule has 3 rings (SSSR count). The molecular formula is C19H24N2O4S. The molecule has 1 saturated heterocycles. The lowest BCUT2D eigenvalue weighted by atomic mass is 9.89. The second kappa shape index (κ2) is 7.63. The van der Waals surface area contributed by atoms with Gasteiger partial charge in [-0.1, -0.05) is 0 Å². The van der Waals surface area contributed by atoms with E-state index in [1.807, 2.05) is 19.1 Å². The van der Waals surface area contributed by atoms with Gasteiger partial charge in [-0.3, -0.25) is 14.4 Å². The highest BCUT2D eigenvalue weighted by atomic mass is 32.2. The largest absolute Gasteiger partial charge is 0.465 e. The van der Waals surface area contributed by atoms with Gasteiger partial charge in [0.2, 0.25) is 10.0 Å². The summed E-state index contributed by atoms with van der Waals surface area (Å²) < 4.78 is 30.5. The molecule has 0 saturated carbocycles. The molecule has 2 aromatic rings. The fourth-order valence-corrected chi connectivity index (χ4v) is 3.86. The van der Waals surface area contributed by atoms with Crippen molar-refractivity contribution in [2.45, 2.75) is 26.3 Å². The first-order valence-corrected chi connectivity index (χ1v) is 10.6. The molecule has 1 aromatic heterocycles. The molecule has 1 aliphatic heterocycles. The second-order valence-electron chi connectivity index (χ2n) is 6.88. The van der Waals surface area contributed by atoms with Crippen molar-refractivity contribution in [1.29, 1.82) is 0 Å². The Hall–Kier alpha value is -2.12. The van der Waals surface area contributed by atoms with Crippen molar-refractivity contribution in [3.63, 3.8) is 0 Å². The standard InChI is InChI=1S/C19H24N2O4S/c1-14-3-8-18(25-14)13-21-11-9-16(10-12-21)19(22)15-4-6-17(7-5-15)20-26(2,23)24/h3-8,16,20H,9-13H2,1-2H3. The average Bonchev–Trinajstić information content (AvgIpc) is 2.99. The van der Waals surface area contributed by atoms with Crippen LogP contribution in [0.25, 0.3) is 0 Å². The number of piperidine rings is 1. The van der Waals surface area contributed by atoms with E-state index in [9.17, 15) is 13.2 Å². The van der Waals surface area contributed by atoms with E-state index < -0.39 is 10.0 Å². The molecule has 6 nitrogen and oxygen atoms in total. The third kappa shape index (κ3) is 4.95. The minimum absolute atomic E-state index is 0.0123. The number of sulfonamides is 1. The van der Waals surface area contributed by atoms with Gasteiger partial charge in [-0.15, -0.1) is 0 Å². The maximum Gasteiger partial charge on any atom is 0.229 e. The molecule has 1 fully saturated rings. The van der Waals surface area contributed by atoms with Gasteiger partial charge >= 0.3 is 0 Å². The minimum Gasteiger partial charge on any atom is -0.465 e. The fourth-order valence-electron chi connectivity index (χ4n) is 3.30. The van der Waals surface area contributed by atoms with E-state index in [1.165, 1.54) is 0 Å². The van der Waals surface area contributed by atoms with Crippen LogP contribution < -0.4 is 4.72 Å². The fraction of sp³-hybridized carbons (Fsp3) is 0.421. The molecule has 0 bridgehead atoms. The number of nitrogens with one attached hydrogen (secondary N) is 1. The number of carbonyl (C=O) groups is 1. The lowest BCUT2D eigenvalue weighted by Gasteiger charge is -2.30. The normalized spacial score (nSPS) is 16.5. The monoisotopic (exact) mass is 376 g/mol. The number of hydrogen-bond acceptors (Lipinski definition) is 5. The van der Waals surface area contributed by atoms with Crippen LogP contribution in [0.3, 0.4) is 0 Å². The van der Waals surface area contributed by atoms with Gasteiger partial charge in [-0.05, 0) is 69.3 Å². The smallest absolute Gasteiger partial charge is 0.229 e. The summed E-state index contributed by atoms with van der Waals surface area (Å²) in [7, 11) is -3.31. The van der Waals surface area contributed by atoms with Gasteiger partial charge in [0.15, 0.2) is 5.78 Å². The zero-order valence-electron chi connectivity index (χ0n) is 15.1. The molecule has 140 valence electrons. The van der Waals surface area contributed by atoms with Crippen LogP contribution in [0, 0.1) is 12.8 Å². The number of anilines is 1. The predicted octanol–water partition coefficient (Wildman–Crippen LogP) is 3.05. The molecule has 1 N–H and O–H groups in total. The van der Waals surface area contributed by atoms with Crippen molar-refractivity contribution < 1.29 is 17.6 Å². The van der Waals surface area contributed by atoms with Gasteiger partial charge in [0.1, 0.15) is 11.5 Å². The lowest BCUT2D eigenvalue weighted by molar-refractivity contribution is 0.0829. The van der Waals surface area contributed by atoms with E-state index in [0.717, 1.165) is 50.3 Å². The average molecular weight is 376 g/mol. The Bertz CT molecular complexity index is 863. The highest BCUT2D eigenvalue weighted by molar-refractivity contribution is 7.92. The van der Waals surface area contributed by atoms with Crippen molar-refractivity contribution >= 4 is 21.5 Å². The van der Waals surface area contributed by atoms with Crippen molar-refractivity contribution in [1.82, 2.24) is 4.90 Å². The second-order valence-corrected chi connectivity index (χ2v) is 8.63. The van der Waals surface area contributed by atoms with Crippen LogP contribution in [-0.2, 0) is 16.6 Å². The number of furan rings is 1. The van der Waals surface area contributed by atoms with E-state index in [4.69, 9.17) is 4.42 Å². The molecule has 7 heteroatoms. The summed E-state index contributed by atoms with van der Waals surface area (Å²) in [4.78, 5) is 15.0. The third-order valence-corrected chi connectivity index (χ3v) is 5.21. The summed E-state index contributed by atoms with van der Waals surface area (Å²) in [6.07, 6.45) is 2.74. The number of hydrogen-bond donors (Lipinski definition) is 1. The van der Waals surface area contributed by atoms with Crippen LogP contribution in [0.5, 0.6) is 0 Å². The highest BCUT2D eigenvalue weighted by Crippen LogP contribution is 2.24. The number of aryl methyl sites for hydroxylation is 1. The molecular weight excluding hydrogens is 352 g/mol. The van der Waals surface area contributed by atoms with Gasteiger partial charge in [0.05, 0.1) is 12.8 Å². The summed E-state index contributed by atoms with van der Waals surface area (Å²) in [5.74, 6) is 2.02. The molecule has 0 aliphatic carbocycles. The van der Waals surface area contributed by atoms with Crippen molar-refractivity contribution in [3.05, 3.63) is 53.5 Å². The number of rotatable bonds is 6. The number of likely N-dealkylation sites (tertiary alicyclic amines) is 1. The maximum atomic E-state index is 12.7. The third-order valence-electron chi connectivity index (χ3n) is 4.61. The number of carbonyl (C=O) groups excluding carboxylic acids is 1. The first kappa shape index (κ1) is 18.7. The summed E-state index contributed by atoms with van der Waals surface area (Å²) in [5.41, 5.74) is 1.09. The summed E-state index contributed by atoms with van der Waals surface area (Å²) in [6.45, 7) is 4.44. The number of nitrogens with zero attached hydrogens (tertiary/aromatic N) is 1. The van der Waals surface area contributed by atoms with Gasteiger partial charge < -0.3 is 4.42 Å². The molecule has 26 heavy (non-hydrogen) atoms. The van der Waals surface area contributed by atoms with Crippen LogP contribution >= 0.6 is 0 Å². The molecule has 0 amide bonds. The Labute approximate surface area is 154 Å². The zero-order valence-corrected chi connectivity index (χ0v) is 15.9. The number of benzene rings is 1. The summed E-state index contributed by atoms with van der Waals surface area (Å²) >= 11 is 0. The first-order valence-electron chi connectivity index (χ1n) is 8.70. The van der Waals surface area contributed by atoms with Gasteiger partial charge in [-0.25, -0.2) is 8.42 Å². The van der Waals surface area contributed by atoms with E-state index >= 15 is 0 Å². The number of ketones is 1. The van der Waals surface area contributed by atoms with Crippen LogP contribution in [0.4, 0.5) is 5.69 Å². The first-order chi connectivity index (χ1) is 12.3. The predicted molar refractivity (Wildman–Crippen MR) is 101 cm³/mol. The highest BCUT2D eigenvalue weighted by Gasteiger charge is 2.26. The van der Waals surface area contributed by atoms with Crippen molar-refractivity contribution in [2.75, 3.05) is 24.1 Å². The number of Topliss-reactive ketones (excluding diaryl/α,β-unsaturated/α-hetero) is 1. The Morgan fingerprint density at radius 3 is 2.35 bits per heavy atom. The SMILES string of the molecule is Cc1ccc(CN2CCC(C(=O)c3ccc(NS(C)(=O)=O)cc3)CC2)o1. The van der Waals surface area contributed by atoms with E-state index in [-0.39, 0.29) is 11.7 Å². The van der Waals surface area contributed by atoms with Gasteiger partial charge in [0.25, 0.3) is 0 Å². The molecule has 0 spiro atoms. The van der Waals surface area contributed by atoms with Gasteiger partial charge in [-0.2, -0.15) is 0 Å². The maximum absolute atomic E-state index is 12.7. The van der Waals surface area contributed by atoms with Crippen molar-refractivity contribution in [2.24, 2.45) is 5.92 Å². The Kier molecular flexibility index (Phi) is 5.48. The summed E-state index contributed by atoms with van der Waals surface area (Å²) in [5, 5.41) is 0. The molecule has 1 aliphatic rings. The quantitative estimate of drug-likeness (QED) is 0.784. The summed E-state index contributed by atoms with van der Waals surface area (Å²) in [6, 6.07) is 10.6. The topological polar surface area (TPSA) is 79.6 Å². The Balaban J connectivity index is 1.54. The molecule has 0 radical (unpaired) electrons. The van der Waals surface area contributed by atoms with Crippen LogP contribution in [0.1, 0.15) is 34.7 Å². The molecule has 1 aromatic carbocycles. The molecule has 2 heterocycles. The van der Waals surface area contributed by atoms with E-state index in [2.05, 4.69) is 9.62 Å². The van der Waals surface area contributed by atoms with E-state index in [1.54, 1.807) is 24.3 Å².